The molecule has 0 aromatic heterocycles. The van der Waals surface area contributed by atoms with Gasteiger partial charge in [-0.15, -0.1) is 0 Å². The monoisotopic (exact) mass is 544 g/mol. The van der Waals surface area contributed by atoms with Crippen molar-refractivity contribution in [3.63, 3.8) is 0 Å². The maximum Gasteiger partial charge on any atom is 0.307 e. The van der Waals surface area contributed by atoms with Gasteiger partial charge < -0.3 is 10.2 Å². The van der Waals surface area contributed by atoms with Crippen LogP contribution in [-0.2, 0) is 29.1 Å². The second kappa shape index (κ2) is 35.2. The fourth-order valence-electron chi connectivity index (χ4n) is 3.75. The summed E-state index contributed by atoms with van der Waals surface area (Å²) in [5.41, 5.74) is 0. The fourth-order valence-corrected chi connectivity index (χ4v) is 3.75. The predicted octanol–water partition coefficient (Wildman–Crippen LogP) is 9.87. The predicted molar refractivity (Wildman–Crippen MR) is 146 cm³/mol. The van der Waals surface area contributed by atoms with Gasteiger partial charge in [0.1, 0.15) is 0 Å². The van der Waals surface area contributed by atoms with Gasteiger partial charge in [-0.05, 0) is 25.7 Å². The van der Waals surface area contributed by atoms with Crippen molar-refractivity contribution in [3.05, 3.63) is 24.3 Å². The Kier molecular flexibility index (Phi) is 38.8. The first-order chi connectivity index (χ1) is 16.5. The second-order valence-corrected chi connectivity index (χ2v) is 9.37. The molecule has 0 aliphatic rings. The summed E-state index contributed by atoms with van der Waals surface area (Å²) >= 11 is 0. The molecule has 0 amide bonds. The van der Waals surface area contributed by atoms with Crippen LogP contribution in [0.15, 0.2) is 24.3 Å². The van der Waals surface area contributed by atoms with Crippen LogP contribution >= 0.6 is 0 Å². The first-order valence-electron chi connectivity index (χ1n) is 14.3. The van der Waals surface area contributed by atoms with E-state index < -0.39 is 11.9 Å². The van der Waals surface area contributed by atoms with E-state index in [9.17, 15) is 9.59 Å². The van der Waals surface area contributed by atoms with Crippen LogP contribution in [0.2, 0.25) is 0 Å². The van der Waals surface area contributed by atoms with E-state index >= 15 is 0 Å². The normalized spacial score (nSPS) is 10.8. The molecule has 35 heavy (non-hydrogen) atoms. The van der Waals surface area contributed by atoms with Crippen molar-refractivity contribution in [3.8, 4) is 0 Å². The first-order valence-corrected chi connectivity index (χ1v) is 14.3. The molecular weight excluding hydrogens is 490 g/mol. The molecule has 0 aliphatic heterocycles. The Balaban J connectivity index is -0.000000569. The Morgan fingerprint density at radius 3 is 0.971 bits per heavy atom. The van der Waals surface area contributed by atoms with Crippen LogP contribution in [0.3, 0.4) is 0 Å². The van der Waals surface area contributed by atoms with Crippen LogP contribution in [0.1, 0.15) is 155 Å². The summed E-state index contributed by atoms with van der Waals surface area (Å²) in [6.07, 6.45) is 34.0. The summed E-state index contributed by atoms with van der Waals surface area (Å²) in [5.74, 6) is -1.48. The molecule has 0 saturated carbocycles. The zero-order valence-electron chi connectivity index (χ0n) is 23.3. The van der Waals surface area contributed by atoms with Gasteiger partial charge in [0.25, 0.3) is 0 Å². The molecule has 202 valence electrons. The Labute approximate surface area is 230 Å². The number of hydrogen-bond acceptors (Lipinski definition) is 2. The Hall–Kier alpha value is -0.957. The number of rotatable bonds is 24. The molecule has 0 atom stereocenters. The maximum atomic E-state index is 10.2. The van der Waals surface area contributed by atoms with Crippen molar-refractivity contribution < 1.29 is 39.3 Å². The van der Waals surface area contributed by atoms with Crippen molar-refractivity contribution in [2.75, 3.05) is 0 Å². The first kappa shape index (κ1) is 38.6. The fraction of sp³-hybridized carbons (Fsp3) is 0.800. The number of aliphatic carboxylic acids is 2. The van der Waals surface area contributed by atoms with E-state index in [0.29, 0.717) is 0 Å². The van der Waals surface area contributed by atoms with Gasteiger partial charge in [-0.3, -0.25) is 9.59 Å². The average molecular weight is 546 g/mol. The topological polar surface area (TPSA) is 74.6 Å². The molecular formula is C30H56O4Zn. The van der Waals surface area contributed by atoms with Crippen LogP contribution in [0.25, 0.3) is 0 Å². The SMILES string of the molecule is CCCCCCCCCCCC=CCC(=O)O.CCCCCCCCCCCC=CCC(=O)O.[Zn]. The number of unbranched alkanes of at least 4 members (excludes halogenated alkanes) is 18. The van der Waals surface area contributed by atoms with Crippen molar-refractivity contribution in [2.24, 2.45) is 0 Å². The smallest absolute Gasteiger partial charge is 0.307 e. The number of allylic oxidation sites excluding steroid dienone is 2. The van der Waals surface area contributed by atoms with Gasteiger partial charge in [0.2, 0.25) is 0 Å². The molecule has 0 aromatic rings. The van der Waals surface area contributed by atoms with Gasteiger partial charge >= 0.3 is 11.9 Å². The van der Waals surface area contributed by atoms with Gasteiger partial charge in [0.15, 0.2) is 0 Å². The molecule has 0 spiro atoms. The molecule has 5 heteroatoms. The van der Waals surface area contributed by atoms with E-state index in [1.807, 2.05) is 12.2 Å². The Morgan fingerprint density at radius 2 is 0.714 bits per heavy atom. The number of carbonyl (C=O) groups is 2. The summed E-state index contributed by atoms with van der Waals surface area (Å²) in [7, 11) is 0. The van der Waals surface area contributed by atoms with Crippen LogP contribution in [0, 0.1) is 0 Å². The van der Waals surface area contributed by atoms with E-state index in [-0.39, 0.29) is 32.3 Å². The Morgan fingerprint density at radius 1 is 0.457 bits per heavy atom. The van der Waals surface area contributed by atoms with E-state index in [2.05, 4.69) is 13.8 Å². The van der Waals surface area contributed by atoms with E-state index in [1.165, 1.54) is 116 Å². The van der Waals surface area contributed by atoms with Crippen LogP contribution < -0.4 is 0 Å². The van der Waals surface area contributed by atoms with E-state index in [1.54, 1.807) is 12.2 Å². The van der Waals surface area contributed by atoms with Gasteiger partial charge in [-0.25, -0.2) is 0 Å². The maximum absolute atomic E-state index is 10.2. The van der Waals surface area contributed by atoms with Crippen molar-refractivity contribution >= 4 is 11.9 Å². The molecule has 0 unspecified atom stereocenters. The number of carboxylic acids is 2. The minimum atomic E-state index is -0.742. The summed E-state index contributed by atoms with van der Waals surface area (Å²) < 4.78 is 0. The molecule has 0 heterocycles. The largest absolute Gasteiger partial charge is 0.481 e. The van der Waals surface area contributed by atoms with E-state index in [0.717, 1.165) is 12.8 Å². The number of carboxylic acid groups (broad SMARTS) is 2. The van der Waals surface area contributed by atoms with Crippen molar-refractivity contribution in [1.29, 1.82) is 0 Å². The van der Waals surface area contributed by atoms with Gasteiger partial charge in [-0.2, -0.15) is 0 Å². The molecule has 0 bridgehead atoms. The molecule has 0 radical (unpaired) electrons. The zero-order valence-corrected chi connectivity index (χ0v) is 26.3. The zero-order chi connectivity index (χ0) is 25.5. The third kappa shape index (κ3) is 43.5. The average Bonchev–Trinajstić information content (AvgIpc) is 2.80. The third-order valence-electron chi connectivity index (χ3n) is 5.87. The summed E-state index contributed by atoms with van der Waals surface area (Å²) in [4.78, 5) is 20.5. The number of hydrogen-bond donors (Lipinski definition) is 2. The van der Waals surface area contributed by atoms with Gasteiger partial charge in [0, 0.05) is 19.5 Å². The molecule has 0 aliphatic carbocycles. The Bertz CT molecular complexity index is 445. The van der Waals surface area contributed by atoms with Crippen LogP contribution in [0.5, 0.6) is 0 Å². The van der Waals surface area contributed by atoms with Gasteiger partial charge in [-0.1, -0.05) is 141 Å². The van der Waals surface area contributed by atoms with Crippen LogP contribution in [0.4, 0.5) is 0 Å². The summed E-state index contributed by atoms with van der Waals surface area (Å²) in [6.45, 7) is 4.50. The van der Waals surface area contributed by atoms with Gasteiger partial charge in [0.05, 0.1) is 12.8 Å². The molecule has 0 aromatic carbocycles. The van der Waals surface area contributed by atoms with Crippen LogP contribution in [-0.4, -0.2) is 22.2 Å². The quantitative estimate of drug-likeness (QED) is 0.0718. The minimum Gasteiger partial charge on any atom is -0.481 e. The summed E-state index contributed by atoms with van der Waals surface area (Å²) in [5, 5.41) is 16.8. The van der Waals surface area contributed by atoms with E-state index in [4.69, 9.17) is 10.2 Å². The molecule has 2 N–H and O–H groups in total. The standard InChI is InChI=1S/2C15H28O2.Zn/c2*1-2-3-4-5-6-7-8-9-10-11-12-13-14-15(16)17;/h2*12-13H,2-11,14H2,1H3,(H,16,17);. The minimum absolute atomic E-state index is 0. The van der Waals surface area contributed by atoms with Crippen molar-refractivity contribution in [2.45, 2.75) is 155 Å². The summed E-state index contributed by atoms with van der Waals surface area (Å²) in [6, 6.07) is 0. The molecule has 4 nitrogen and oxygen atoms in total. The molecule has 0 rings (SSSR count). The molecule has 0 fully saturated rings. The van der Waals surface area contributed by atoms with Crippen molar-refractivity contribution in [1.82, 2.24) is 0 Å². The molecule has 0 saturated heterocycles. The third-order valence-corrected chi connectivity index (χ3v) is 5.87. The second-order valence-electron chi connectivity index (χ2n) is 9.37.